The van der Waals surface area contributed by atoms with E-state index in [2.05, 4.69) is 19.2 Å². The van der Waals surface area contributed by atoms with Crippen LogP contribution in [0, 0.1) is 0 Å². The van der Waals surface area contributed by atoms with Crippen LogP contribution in [0.1, 0.15) is 45.3 Å². The lowest BCUT2D eigenvalue weighted by atomic mass is 10.1. The fourth-order valence-corrected chi connectivity index (χ4v) is 1.90. The van der Waals surface area contributed by atoms with E-state index in [1.807, 2.05) is 29.2 Å². The molecule has 0 aliphatic rings. The minimum Gasteiger partial charge on any atom is -0.389 e. The van der Waals surface area contributed by atoms with Gasteiger partial charge < -0.3 is 15.3 Å². The summed E-state index contributed by atoms with van der Waals surface area (Å²) in [5.74, 6) is 0. The molecule has 0 saturated heterocycles. The van der Waals surface area contributed by atoms with Crippen LogP contribution in [0.2, 0.25) is 0 Å². The van der Waals surface area contributed by atoms with E-state index in [0.29, 0.717) is 0 Å². The topological polar surface area (TPSA) is 52.6 Å². The Labute approximate surface area is 115 Å². The second-order valence-corrected chi connectivity index (χ2v) is 4.72. The molecule has 1 aromatic carbocycles. The van der Waals surface area contributed by atoms with Crippen molar-refractivity contribution in [3.05, 3.63) is 29.8 Å². The highest BCUT2D eigenvalue weighted by molar-refractivity contribution is 5.89. The molecule has 2 amide bonds. The van der Waals surface area contributed by atoms with Gasteiger partial charge in [-0.05, 0) is 37.5 Å². The standard InChI is InChI=1S/C15H24N2O2/c1-4-10-17(11-5-2)15(19)16-14-8-6-13(7-9-14)12(3)18/h6-9,12,18H,4-5,10-11H2,1-3H3,(H,16,19). The number of carbonyl (C=O) groups is 1. The zero-order valence-electron chi connectivity index (χ0n) is 12.0. The number of hydrogen-bond acceptors (Lipinski definition) is 2. The molecule has 0 radical (unpaired) electrons. The highest BCUT2D eigenvalue weighted by Gasteiger charge is 2.11. The van der Waals surface area contributed by atoms with E-state index in [1.54, 1.807) is 6.92 Å². The van der Waals surface area contributed by atoms with Crippen molar-refractivity contribution in [1.29, 1.82) is 0 Å². The molecule has 0 aliphatic heterocycles. The molecule has 0 bridgehead atoms. The fourth-order valence-electron chi connectivity index (χ4n) is 1.90. The van der Waals surface area contributed by atoms with Crippen LogP contribution in [0.3, 0.4) is 0 Å². The Morgan fingerprint density at radius 2 is 1.74 bits per heavy atom. The first-order chi connectivity index (χ1) is 9.08. The number of aliphatic hydroxyl groups excluding tert-OH is 1. The first-order valence-electron chi connectivity index (χ1n) is 6.92. The fraction of sp³-hybridized carbons (Fsp3) is 0.533. The second-order valence-electron chi connectivity index (χ2n) is 4.72. The van der Waals surface area contributed by atoms with Gasteiger partial charge in [0, 0.05) is 18.8 Å². The first kappa shape index (κ1) is 15.5. The normalized spacial score (nSPS) is 12.0. The van der Waals surface area contributed by atoms with Gasteiger partial charge in [-0.2, -0.15) is 0 Å². The van der Waals surface area contributed by atoms with Crippen molar-refractivity contribution in [1.82, 2.24) is 4.90 Å². The van der Waals surface area contributed by atoms with Gasteiger partial charge >= 0.3 is 6.03 Å². The van der Waals surface area contributed by atoms with Crippen LogP contribution in [0.4, 0.5) is 10.5 Å². The van der Waals surface area contributed by atoms with Crippen molar-refractivity contribution >= 4 is 11.7 Å². The maximum absolute atomic E-state index is 12.1. The molecule has 4 nitrogen and oxygen atoms in total. The number of rotatable bonds is 6. The Hall–Kier alpha value is -1.55. The SMILES string of the molecule is CCCN(CCC)C(=O)Nc1ccc(C(C)O)cc1. The average molecular weight is 264 g/mol. The van der Waals surface area contributed by atoms with Crippen LogP contribution in [0.5, 0.6) is 0 Å². The van der Waals surface area contributed by atoms with E-state index in [0.717, 1.165) is 37.2 Å². The van der Waals surface area contributed by atoms with Crippen LogP contribution in [0.25, 0.3) is 0 Å². The average Bonchev–Trinajstić information content (AvgIpc) is 2.39. The van der Waals surface area contributed by atoms with Crippen molar-refractivity contribution < 1.29 is 9.90 Å². The van der Waals surface area contributed by atoms with Gasteiger partial charge in [-0.25, -0.2) is 4.79 Å². The molecule has 2 N–H and O–H groups in total. The number of amides is 2. The molecule has 1 aromatic rings. The Balaban J connectivity index is 2.64. The van der Waals surface area contributed by atoms with Crippen LogP contribution in [0.15, 0.2) is 24.3 Å². The number of benzene rings is 1. The predicted molar refractivity (Wildman–Crippen MR) is 78.2 cm³/mol. The van der Waals surface area contributed by atoms with Crippen LogP contribution in [-0.4, -0.2) is 29.1 Å². The largest absolute Gasteiger partial charge is 0.389 e. The summed E-state index contributed by atoms with van der Waals surface area (Å²) >= 11 is 0. The highest BCUT2D eigenvalue weighted by Crippen LogP contribution is 2.16. The minimum absolute atomic E-state index is 0.0616. The zero-order valence-corrected chi connectivity index (χ0v) is 12.0. The van der Waals surface area contributed by atoms with Crippen molar-refractivity contribution in [2.75, 3.05) is 18.4 Å². The third kappa shape index (κ3) is 4.91. The summed E-state index contributed by atoms with van der Waals surface area (Å²) in [6, 6.07) is 7.22. The van der Waals surface area contributed by atoms with E-state index < -0.39 is 6.10 Å². The lowest BCUT2D eigenvalue weighted by Gasteiger charge is -2.22. The predicted octanol–water partition coefficient (Wildman–Crippen LogP) is 3.39. The molecule has 0 spiro atoms. The van der Waals surface area contributed by atoms with Crippen molar-refractivity contribution in [2.24, 2.45) is 0 Å². The van der Waals surface area contributed by atoms with E-state index in [1.165, 1.54) is 0 Å². The molecule has 106 valence electrons. The lowest BCUT2D eigenvalue weighted by Crippen LogP contribution is -2.36. The van der Waals surface area contributed by atoms with Crippen LogP contribution in [-0.2, 0) is 0 Å². The third-order valence-corrected chi connectivity index (χ3v) is 2.92. The first-order valence-corrected chi connectivity index (χ1v) is 6.92. The molecule has 1 rings (SSSR count). The summed E-state index contributed by atoms with van der Waals surface area (Å²) in [6.07, 6.45) is 1.42. The van der Waals surface area contributed by atoms with Gasteiger partial charge in [0.2, 0.25) is 0 Å². The summed E-state index contributed by atoms with van der Waals surface area (Å²) in [6.45, 7) is 7.38. The summed E-state index contributed by atoms with van der Waals surface area (Å²) in [7, 11) is 0. The second kappa shape index (κ2) is 7.79. The number of anilines is 1. The van der Waals surface area contributed by atoms with E-state index in [9.17, 15) is 9.90 Å². The number of aliphatic hydroxyl groups is 1. The molecule has 1 atom stereocenters. The zero-order chi connectivity index (χ0) is 14.3. The molecular weight excluding hydrogens is 240 g/mol. The number of hydrogen-bond donors (Lipinski definition) is 2. The van der Waals surface area contributed by atoms with Gasteiger partial charge in [0.15, 0.2) is 0 Å². The van der Waals surface area contributed by atoms with Crippen molar-refractivity contribution in [2.45, 2.75) is 39.7 Å². The minimum atomic E-state index is -0.485. The maximum atomic E-state index is 12.1. The van der Waals surface area contributed by atoms with Gasteiger partial charge in [-0.3, -0.25) is 0 Å². The molecule has 0 aromatic heterocycles. The Kier molecular flexibility index (Phi) is 6.36. The molecular formula is C15H24N2O2. The molecule has 0 fully saturated rings. The maximum Gasteiger partial charge on any atom is 0.321 e. The van der Waals surface area contributed by atoms with Gasteiger partial charge in [0.05, 0.1) is 6.10 Å². The molecule has 0 heterocycles. The Morgan fingerprint density at radius 3 is 2.16 bits per heavy atom. The van der Waals surface area contributed by atoms with Crippen molar-refractivity contribution in [3.8, 4) is 0 Å². The number of carbonyl (C=O) groups excluding carboxylic acids is 1. The number of urea groups is 1. The summed E-state index contributed by atoms with van der Waals surface area (Å²) in [5, 5.41) is 12.3. The van der Waals surface area contributed by atoms with E-state index >= 15 is 0 Å². The van der Waals surface area contributed by atoms with E-state index in [4.69, 9.17) is 0 Å². The molecule has 0 saturated carbocycles. The number of nitrogens with one attached hydrogen (secondary N) is 1. The Bertz CT molecular complexity index is 382. The van der Waals surface area contributed by atoms with Crippen molar-refractivity contribution in [3.63, 3.8) is 0 Å². The van der Waals surface area contributed by atoms with Gasteiger partial charge in [-0.15, -0.1) is 0 Å². The molecule has 0 aliphatic carbocycles. The van der Waals surface area contributed by atoms with Crippen LogP contribution < -0.4 is 5.32 Å². The third-order valence-electron chi connectivity index (χ3n) is 2.92. The lowest BCUT2D eigenvalue weighted by molar-refractivity contribution is 0.199. The Morgan fingerprint density at radius 1 is 1.21 bits per heavy atom. The summed E-state index contributed by atoms with van der Waals surface area (Å²) < 4.78 is 0. The molecule has 19 heavy (non-hydrogen) atoms. The summed E-state index contributed by atoms with van der Waals surface area (Å²) in [4.78, 5) is 13.9. The molecule has 4 heteroatoms. The van der Waals surface area contributed by atoms with Crippen LogP contribution >= 0.6 is 0 Å². The quantitative estimate of drug-likeness (QED) is 0.827. The van der Waals surface area contributed by atoms with Gasteiger partial charge in [0.25, 0.3) is 0 Å². The number of nitrogens with zero attached hydrogens (tertiary/aromatic N) is 1. The summed E-state index contributed by atoms with van der Waals surface area (Å²) in [5.41, 5.74) is 1.60. The van der Waals surface area contributed by atoms with Gasteiger partial charge in [0.1, 0.15) is 0 Å². The molecule has 1 unspecified atom stereocenters. The monoisotopic (exact) mass is 264 g/mol. The smallest absolute Gasteiger partial charge is 0.321 e. The highest BCUT2D eigenvalue weighted by atomic mass is 16.3. The van der Waals surface area contributed by atoms with E-state index in [-0.39, 0.29) is 6.03 Å². The van der Waals surface area contributed by atoms with Gasteiger partial charge in [-0.1, -0.05) is 26.0 Å².